The molecule has 1 aromatic heterocycles. The topological polar surface area (TPSA) is 45.7 Å². The molecule has 0 N–H and O–H groups in total. The Balaban J connectivity index is 1.31. The highest BCUT2D eigenvalue weighted by Crippen LogP contribution is 2.28. The fourth-order valence-corrected chi connectivity index (χ4v) is 4.00. The van der Waals surface area contributed by atoms with Gasteiger partial charge in [-0.15, -0.1) is 0 Å². The van der Waals surface area contributed by atoms with Crippen molar-refractivity contribution in [1.82, 2.24) is 9.88 Å². The summed E-state index contributed by atoms with van der Waals surface area (Å²) in [5, 5.41) is 0. The monoisotopic (exact) mass is 365 g/mol. The van der Waals surface area contributed by atoms with Crippen LogP contribution in [-0.4, -0.2) is 48.6 Å². The smallest absolute Gasteiger partial charge is 0.260 e. The molecule has 5 nitrogen and oxygen atoms in total. The fraction of sp³-hybridized carbons (Fsp3) is 0.455. The van der Waals surface area contributed by atoms with Crippen molar-refractivity contribution in [3.63, 3.8) is 0 Å². The summed E-state index contributed by atoms with van der Waals surface area (Å²) in [5.41, 5.74) is 4.83. The van der Waals surface area contributed by atoms with Crippen molar-refractivity contribution in [2.75, 3.05) is 37.7 Å². The maximum Gasteiger partial charge on any atom is 0.260 e. The van der Waals surface area contributed by atoms with Gasteiger partial charge in [-0.3, -0.25) is 9.78 Å². The number of carbonyl (C=O) groups is 1. The van der Waals surface area contributed by atoms with E-state index in [1.54, 1.807) is 6.20 Å². The van der Waals surface area contributed by atoms with E-state index in [0.29, 0.717) is 0 Å². The number of hydrogen-bond acceptors (Lipinski definition) is 4. The first-order valence-corrected chi connectivity index (χ1v) is 9.89. The van der Waals surface area contributed by atoms with Gasteiger partial charge in [0.05, 0.1) is 0 Å². The Labute approximate surface area is 161 Å². The van der Waals surface area contributed by atoms with Gasteiger partial charge in [0.15, 0.2) is 6.61 Å². The molecule has 0 unspecified atom stereocenters. The van der Waals surface area contributed by atoms with Gasteiger partial charge in [0.1, 0.15) is 5.75 Å². The van der Waals surface area contributed by atoms with Crippen LogP contribution in [0.5, 0.6) is 5.75 Å². The van der Waals surface area contributed by atoms with Crippen LogP contribution >= 0.6 is 0 Å². The maximum atomic E-state index is 12.6. The molecule has 0 bridgehead atoms. The SMILES string of the molecule is Cc1cccc(N2CCN(C(=O)COc3ccnc4c3CCCC4)CC2)c1. The van der Waals surface area contributed by atoms with Gasteiger partial charge in [0.2, 0.25) is 0 Å². The molecule has 2 aliphatic rings. The summed E-state index contributed by atoms with van der Waals surface area (Å²) in [6.45, 7) is 5.42. The van der Waals surface area contributed by atoms with Crippen molar-refractivity contribution in [3.05, 3.63) is 53.3 Å². The van der Waals surface area contributed by atoms with Crippen molar-refractivity contribution < 1.29 is 9.53 Å². The van der Waals surface area contributed by atoms with Crippen LogP contribution in [0.25, 0.3) is 0 Å². The van der Waals surface area contributed by atoms with Gasteiger partial charge in [-0.25, -0.2) is 0 Å². The summed E-state index contributed by atoms with van der Waals surface area (Å²) < 4.78 is 5.90. The number of aromatic nitrogens is 1. The van der Waals surface area contributed by atoms with Crippen LogP contribution in [0, 0.1) is 6.92 Å². The number of amides is 1. The first kappa shape index (κ1) is 17.8. The van der Waals surface area contributed by atoms with Gasteiger partial charge in [-0.2, -0.15) is 0 Å². The Morgan fingerprint density at radius 2 is 1.93 bits per heavy atom. The largest absolute Gasteiger partial charge is 0.483 e. The van der Waals surface area contributed by atoms with E-state index in [-0.39, 0.29) is 12.5 Å². The maximum absolute atomic E-state index is 12.6. The van der Waals surface area contributed by atoms with Crippen molar-refractivity contribution in [1.29, 1.82) is 0 Å². The second-order valence-electron chi connectivity index (χ2n) is 7.44. The third-order valence-corrected chi connectivity index (χ3v) is 5.54. The molecule has 1 aliphatic carbocycles. The molecule has 0 spiro atoms. The molecule has 1 fully saturated rings. The Hall–Kier alpha value is -2.56. The summed E-state index contributed by atoms with van der Waals surface area (Å²) in [4.78, 5) is 21.3. The highest BCUT2D eigenvalue weighted by atomic mass is 16.5. The van der Waals surface area contributed by atoms with Crippen LogP contribution < -0.4 is 9.64 Å². The van der Waals surface area contributed by atoms with E-state index in [4.69, 9.17) is 4.74 Å². The van der Waals surface area contributed by atoms with Crippen LogP contribution in [0.2, 0.25) is 0 Å². The lowest BCUT2D eigenvalue weighted by molar-refractivity contribution is -0.133. The first-order valence-electron chi connectivity index (χ1n) is 9.89. The van der Waals surface area contributed by atoms with E-state index in [9.17, 15) is 4.79 Å². The molecule has 5 heteroatoms. The number of fused-ring (bicyclic) bond motifs is 1. The number of carbonyl (C=O) groups excluding carboxylic acids is 1. The summed E-state index contributed by atoms with van der Waals surface area (Å²) in [6, 6.07) is 10.4. The van der Waals surface area contributed by atoms with Crippen LogP contribution in [0.3, 0.4) is 0 Å². The Bertz CT molecular complexity index is 813. The van der Waals surface area contributed by atoms with Gasteiger partial charge in [0, 0.05) is 49.3 Å². The predicted octanol–water partition coefficient (Wildman–Crippen LogP) is 3.00. The summed E-state index contributed by atoms with van der Waals surface area (Å²) in [7, 11) is 0. The average molecular weight is 365 g/mol. The van der Waals surface area contributed by atoms with E-state index < -0.39 is 0 Å². The quantitative estimate of drug-likeness (QED) is 0.836. The molecule has 1 saturated heterocycles. The van der Waals surface area contributed by atoms with Crippen molar-refractivity contribution in [2.24, 2.45) is 0 Å². The standard InChI is InChI=1S/C22H27N3O2/c1-17-5-4-6-18(15-17)24-11-13-25(14-12-24)22(26)16-27-21-9-10-23-20-8-3-2-7-19(20)21/h4-6,9-10,15H,2-3,7-8,11-14,16H2,1H3. The van der Waals surface area contributed by atoms with Crippen LogP contribution in [0.4, 0.5) is 5.69 Å². The molecule has 1 amide bonds. The van der Waals surface area contributed by atoms with Crippen LogP contribution in [0.15, 0.2) is 36.5 Å². The lowest BCUT2D eigenvalue weighted by atomic mass is 9.95. The molecular weight excluding hydrogens is 338 g/mol. The van der Waals surface area contributed by atoms with Gasteiger partial charge >= 0.3 is 0 Å². The van der Waals surface area contributed by atoms with Crippen LogP contribution in [0.1, 0.15) is 29.7 Å². The molecule has 1 aromatic carbocycles. The minimum Gasteiger partial charge on any atom is -0.483 e. The van der Waals surface area contributed by atoms with Crippen molar-refractivity contribution in [2.45, 2.75) is 32.6 Å². The summed E-state index contributed by atoms with van der Waals surface area (Å²) >= 11 is 0. The van der Waals surface area contributed by atoms with E-state index in [0.717, 1.165) is 50.5 Å². The number of piperazine rings is 1. The highest BCUT2D eigenvalue weighted by Gasteiger charge is 2.22. The molecule has 4 rings (SSSR count). The van der Waals surface area contributed by atoms with Gasteiger partial charge in [-0.1, -0.05) is 12.1 Å². The van der Waals surface area contributed by atoms with E-state index in [2.05, 4.69) is 41.1 Å². The number of ether oxygens (including phenoxy) is 1. The second-order valence-corrected chi connectivity index (χ2v) is 7.44. The van der Waals surface area contributed by atoms with E-state index >= 15 is 0 Å². The number of nitrogens with zero attached hydrogens (tertiary/aromatic N) is 3. The summed E-state index contributed by atoms with van der Waals surface area (Å²) in [5.74, 6) is 0.909. The molecule has 0 atom stereocenters. The molecular formula is C22H27N3O2. The normalized spacial score (nSPS) is 16.8. The zero-order chi connectivity index (χ0) is 18.6. The Morgan fingerprint density at radius 3 is 2.74 bits per heavy atom. The minimum atomic E-state index is 0.0697. The summed E-state index contributed by atoms with van der Waals surface area (Å²) in [6.07, 6.45) is 6.17. The first-order chi connectivity index (χ1) is 13.2. The van der Waals surface area contributed by atoms with E-state index in [1.807, 2.05) is 11.0 Å². The fourth-order valence-electron chi connectivity index (χ4n) is 4.00. The Morgan fingerprint density at radius 1 is 1.11 bits per heavy atom. The van der Waals surface area contributed by atoms with Gasteiger partial charge in [0.25, 0.3) is 5.91 Å². The predicted molar refractivity (Wildman–Crippen MR) is 106 cm³/mol. The van der Waals surface area contributed by atoms with Crippen molar-refractivity contribution in [3.8, 4) is 5.75 Å². The second kappa shape index (κ2) is 7.99. The molecule has 0 saturated carbocycles. The lowest BCUT2D eigenvalue weighted by Crippen LogP contribution is -2.50. The number of hydrogen-bond donors (Lipinski definition) is 0. The van der Waals surface area contributed by atoms with Crippen LogP contribution in [-0.2, 0) is 17.6 Å². The zero-order valence-electron chi connectivity index (χ0n) is 16.0. The number of rotatable bonds is 4. The molecule has 1 aliphatic heterocycles. The van der Waals surface area contributed by atoms with Crippen molar-refractivity contribution >= 4 is 11.6 Å². The zero-order valence-corrected chi connectivity index (χ0v) is 16.0. The number of benzene rings is 1. The molecule has 2 aromatic rings. The number of pyridine rings is 1. The average Bonchev–Trinajstić information content (AvgIpc) is 2.72. The van der Waals surface area contributed by atoms with E-state index in [1.165, 1.54) is 29.7 Å². The number of aryl methyl sites for hydroxylation is 2. The molecule has 0 radical (unpaired) electrons. The Kier molecular flexibility index (Phi) is 5.28. The lowest BCUT2D eigenvalue weighted by Gasteiger charge is -2.36. The van der Waals surface area contributed by atoms with Gasteiger partial charge < -0.3 is 14.5 Å². The third-order valence-electron chi connectivity index (χ3n) is 5.54. The molecule has 142 valence electrons. The highest BCUT2D eigenvalue weighted by molar-refractivity contribution is 5.78. The molecule has 2 heterocycles. The number of anilines is 1. The molecule has 27 heavy (non-hydrogen) atoms. The van der Waals surface area contributed by atoms with Gasteiger partial charge in [-0.05, 0) is 56.4 Å². The third kappa shape index (κ3) is 4.07. The minimum absolute atomic E-state index is 0.0697.